The topological polar surface area (TPSA) is 35.5 Å². The van der Waals surface area contributed by atoms with Crippen molar-refractivity contribution in [1.82, 2.24) is 10.2 Å². The predicted molar refractivity (Wildman–Crippen MR) is 80.5 cm³/mol. The number of halogens is 4. The highest BCUT2D eigenvalue weighted by Crippen LogP contribution is 2.35. The molecular formula is C13H20Cl2F2N2O. The summed E-state index contributed by atoms with van der Waals surface area (Å²) in [6.07, 6.45) is -2.50. The van der Waals surface area contributed by atoms with E-state index in [9.17, 15) is 13.9 Å². The zero-order valence-corrected chi connectivity index (χ0v) is 12.8. The van der Waals surface area contributed by atoms with Crippen LogP contribution in [0.5, 0.6) is 5.75 Å². The average molecular weight is 329 g/mol. The minimum Gasteiger partial charge on any atom is -0.507 e. The number of phenols is 1. The van der Waals surface area contributed by atoms with Gasteiger partial charge in [-0.3, -0.25) is 4.90 Å². The summed E-state index contributed by atoms with van der Waals surface area (Å²) in [6, 6.07) is 3.99. The molecule has 0 bridgehead atoms. The maximum absolute atomic E-state index is 13.3. The summed E-state index contributed by atoms with van der Waals surface area (Å²) in [5, 5.41) is 13.1. The van der Waals surface area contributed by atoms with Crippen LogP contribution in [-0.4, -0.2) is 42.6 Å². The van der Waals surface area contributed by atoms with Gasteiger partial charge < -0.3 is 10.4 Å². The van der Waals surface area contributed by atoms with E-state index in [4.69, 9.17) is 0 Å². The second-order valence-corrected chi connectivity index (χ2v) is 4.58. The number of piperazine rings is 1. The Hall–Kier alpha value is -0.620. The molecule has 2 N–H and O–H groups in total. The molecule has 1 aromatic carbocycles. The van der Waals surface area contributed by atoms with Gasteiger partial charge in [0.1, 0.15) is 5.75 Å². The molecule has 1 aliphatic heterocycles. The first kappa shape index (κ1) is 19.4. The average Bonchev–Trinajstić information content (AvgIpc) is 2.36. The molecule has 1 aliphatic rings. The smallest absolute Gasteiger partial charge is 0.258 e. The third-order valence-corrected chi connectivity index (χ3v) is 3.37. The fraction of sp³-hybridized carbons (Fsp3) is 0.538. The van der Waals surface area contributed by atoms with E-state index in [2.05, 4.69) is 5.32 Å². The van der Waals surface area contributed by atoms with Gasteiger partial charge >= 0.3 is 0 Å². The molecular weight excluding hydrogens is 309 g/mol. The Labute approximate surface area is 130 Å². The van der Waals surface area contributed by atoms with Gasteiger partial charge in [0.2, 0.25) is 0 Å². The molecule has 0 unspecified atom stereocenters. The van der Waals surface area contributed by atoms with Crippen molar-refractivity contribution in [3.63, 3.8) is 0 Å². The summed E-state index contributed by atoms with van der Waals surface area (Å²) in [5.41, 5.74) is 0.959. The van der Waals surface area contributed by atoms with Crippen molar-refractivity contribution in [2.24, 2.45) is 0 Å². The molecule has 1 fully saturated rings. The Balaban J connectivity index is 0.00000180. The Morgan fingerprint density at radius 2 is 1.80 bits per heavy atom. The van der Waals surface area contributed by atoms with Gasteiger partial charge in [0.05, 0.1) is 6.04 Å². The first-order valence-electron chi connectivity index (χ1n) is 6.12. The van der Waals surface area contributed by atoms with Crippen LogP contribution in [0.25, 0.3) is 0 Å². The maximum Gasteiger partial charge on any atom is 0.258 e. The highest BCUT2D eigenvalue weighted by molar-refractivity contribution is 5.85. The van der Waals surface area contributed by atoms with Gasteiger partial charge in [-0.2, -0.15) is 0 Å². The molecule has 0 saturated carbocycles. The second-order valence-electron chi connectivity index (χ2n) is 4.58. The van der Waals surface area contributed by atoms with Crippen LogP contribution in [0.2, 0.25) is 0 Å². The van der Waals surface area contributed by atoms with Crippen LogP contribution in [0.15, 0.2) is 18.2 Å². The molecule has 1 atom stereocenters. The van der Waals surface area contributed by atoms with Crippen molar-refractivity contribution in [3.05, 3.63) is 29.3 Å². The quantitative estimate of drug-likeness (QED) is 0.895. The number of hydrogen-bond donors (Lipinski definition) is 2. The molecule has 0 aliphatic carbocycles. The lowest BCUT2D eigenvalue weighted by molar-refractivity contribution is 0.0170. The SMILES string of the molecule is Cc1cccc([C@H](C(F)F)N2CCNCC2)c1O.Cl.Cl. The number of para-hydroxylation sites is 1. The summed E-state index contributed by atoms with van der Waals surface area (Å²) in [4.78, 5) is 1.73. The number of benzene rings is 1. The maximum atomic E-state index is 13.3. The second kappa shape index (κ2) is 8.62. The van der Waals surface area contributed by atoms with Crippen molar-refractivity contribution in [3.8, 4) is 5.75 Å². The molecule has 0 aromatic heterocycles. The lowest BCUT2D eigenvalue weighted by atomic mass is 10.0. The van der Waals surface area contributed by atoms with E-state index in [-0.39, 0.29) is 30.6 Å². The minimum atomic E-state index is -2.50. The first-order valence-corrected chi connectivity index (χ1v) is 6.12. The van der Waals surface area contributed by atoms with Crippen LogP contribution in [0.4, 0.5) is 8.78 Å². The lowest BCUT2D eigenvalue weighted by Gasteiger charge is -2.35. The number of nitrogens with zero attached hydrogens (tertiary/aromatic N) is 1. The molecule has 1 aromatic rings. The van der Waals surface area contributed by atoms with Crippen LogP contribution in [-0.2, 0) is 0 Å². The fourth-order valence-electron chi connectivity index (χ4n) is 2.37. The van der Waals surface area contributed by atoms with Crippen molar-refractivity contribution < 1.29 is 13.9 Å². The Morgan fingerprint density at radius 1 is 1.20 bits per heavy atom. The highest BCUT2D eigenvalue weighted by atomic mass is 35.5. The number of aromatic hydroxyl groups is 1. The van der Waals surface area contributed by atoms with E-state index in [0.29, 0.717) is 37.3 Å². The first-order chi connectivity index (χ1) is 8.61. The zero-order chi connectivity index (χ0) is 13.1. The van der Waals surface area contributed by atoms with Gasteiger partial charge in [0.25, 0.3) is 6.43 Å². The van der Waals surface area contributed by atoms with Gasteiger partial charge in [-0.25, -0.2) is 8.78 Å². The number of hydrogen-bond acceptors (Lipinski definition) is 3. The van der Waals surface area contributed by atoms with Gasteiger partial charge in [-0.1, -0.05) is 18.2 Å². The normalized spacial score (nSPS) is 17.2. The molecule has 116 valence electrons. The van der Waals surface area contributed by atoms with Crippen LogP contribution in [0.1, 0.15) is 17.2 Å². The molecule has 1 heterocycles. The molecule has 2 rings (SSSR count). The molecule has 0 radical (unpaired) electrons. The van der Waals surface area contributed by atoms with Gasteiger partial charge in [0.15, 0.2) is 0 Å². The van der Waals surface area contributed by atoms with E-state index >= 15 is 0 Å². The minimum absolute atomic E-state index is 0. The van der Waals surface area contributed by atoms with E-state index in [1.54, 1.807) is 30.0 Å². The van der Waals surface area contributed by atoms with Crippen LogP contribution < -0.4 is 5.32 Å². The number of aryl methyl sites for hydroxylation is 1. The van der Waals surface area contributed by atoms with Gasteiger partial charge in [-0.15, -0.1) is 24.8 Å². The fourth-order valence-corrected chi connectivity index (χ4v) is 2.37. The largest absolute Gasteiger partial charge is 0.507 e. The lowest BCUT2D eigenvalue weighted by Crippen LogP contribution is -2.46. The van der Waals surface area contributed by atoms with Crippen LogP contribution in [0, 0.1) is 6.92 Å². The summed E-state index contributed by atoms with van der Waals surface area (Å²) in [5.74, 6) is -0.0127. The van der Waals surface area contributed by atoms with Crippen molar-refractivity contribution in [2.75, 3.05) is 26.2 Å². The van der Waals surface area contributed by atoms with E-state index in [1.165, 1.54) is 0 Å². The third-order valence-electron chi connectivity index (χ3n) is 3.37. The molecule has 3 nitrogen and oxygen atoms in total. The van der Waals surface area contributed by atoms with Gasteiger partial charge in [0, 0.05) is 31.7 Å². The van der Waals surface area contributed by atoms with Crippen LogP contribution >= 0.6 is 24.8 Å². The highest BCUT2D eigenvalue weighted by Gasteiger charge is 2.32. The Kier molecular flexibility index (Phi) is 8.35. The van der Waals surface area contributed by atoms with E-state index < -0.39 is 12.5 Å². The predicted octanol–water partition coefficient (Wildman–Crippen LogP) is 2.76. The molecule has 1 saturated heterocycles. The summed E-state index contributed by atoms with van der Waals surface area (Å²) < 4.78 is 26.6. The summed E-state index contributed by atoms with van der Waals surface area (Å²) >= 11 is 0. The standard InChI is InChI=1S/C13H18F2N2O.2ClH/c1-9-3-2-4-10(12(9)18)11(13(14)15)17-7-5-16-6-8-17;;/h2-4,11,13,16,18H,5-8H2,1H3;2*1H/t11-;;/m1../s1. The summed E-state index contributed by atoms with van der Waals surface area (Å²) in [7, 11) is 0. The number of rotatable bonds is 3. The van der Waals surface area contributed by atoms with Gasteiger partial charge in [-0.05, 0) is 12.5 Å². The molecule has 20 heavy (non-hydrogen) atoms. The summed E-state index contributed by atoms with van der Waals surface area (Å²) in [6.45, 7) is 4.27. The Bertz CT molecular complexity index is 415. The zero-order valence-electron chi connectivity index (χ0n) is 11.2. The third kappa shape index (κ3) is 4.19. The van der Waals surface area contributed by atoms with Crippen molar-refractivity contribution in [2.45, 2.75) is 19.4 Å². The monoisotopic (exact) mass is 328 g/mol. The number of phenolic OH excluding ortho intramolecular Hbond substituents is 1. The van der Waals surface area contributed by atoms with Crippen LogP contribution in [0.3, 0.4) is 0 Å². The molecule has 0 spiro atoms. The van der Waals surface area contributed by atoms with Crippen molar-refractivity contribution >= 4 is 24.8 Å². The van der Waals surface area contributed by atoms with Crippen molar-refractivity contribution in [1.29, 1.82) is 0 Å². The number of alkyl halides is 2. The Morgan fingerprint density at radius 3 is 2.35 bits per heavy atom. The number of nitrogens with one attached hydrogen (secondary N) is 1. The van der Waals surface area contributed by atoms with E-state index in [0.717, 1.165) is 0 Å². The van der Waals surface area contributed by atoms with E-state index in [1.807, 2.05) is 0 Å². The molecule has 0 amide bonds. The molecule has 7 heteroatoms.